The Morgan fingerprint density at radius 1 is 1.18 bits per heavy atom. The van der Waals surface area contributed by atoms with E-state index in [1.54, 1.807) is 0 Å². The third kappa shape index (κ3) is 5.22. The summed E-state index contributed by atoms with van der Waals surface area (Å²) in [7, 11) is 0. The Balaban J connectivity index is 3.52. The van der Waals surface area contributed by atoms with Gasteiger partial charge in [0.25, 0.3) is 0 Å². The van der Waals surface area contributed by atoms with Gasteiger partial charge in [0.05, 0.1) is 6.10 Å². The summed E-state index contributed by atoms with van der Waals surface area (Å²) in [6, 6.07) is 0. The largest absolute Gasteiger partial charge is 0.376 e. The van der Waals surface area contributed by atoms with Gasteiger partial charge in [0, 0.05) is 13.2 Å². The Kier molecular flexibility index (Phi) is 5.51. The van der Waals surface area contributed by atoms with Gasteiger partial charge in [-0.1, -0.05) is 27.7 Å². The fourth-order valence-corrected chi connectivity index (χ4v) is 0.849. The first-order chi connectivity index (χ1) is 5.07. The predicted octanol–water partition coefficient (Wildman–Crippen LogP) is 1.64. The molecule has 0 aromatic heterocycles. The first kappa shape index (κ1) is 10.9. The SMILES string of the molecule is CC(C)COC(CN)C(C)C. The number of ether oxygens (including phenoxy) is 1. The molecule has 2 nitrogen and oxygen atoms in total. The van der Waals surface area contributed by atoms with Crippen molar-refractivity contribution in [1.29, 1.82) is 0 Å². The maximum absolute atomic E-state index is 5.59. The molecule has 0 aliphatic carbocycles. The zero-order valence-electron chi connectivity index (χ0n) is 8.13. The molecule has 0 saturated heterocycles. The molecule has 0 aliphatic rings. The number of rotatable bonds is 5. The van der Waals surface area contributed by atoms with Crippen molar-refractivity contribution >= 4 is 0 Å². The first-order valence-electron chi connectivity index (χ1n) is 4.39. The van der Waals surface area contributed by atoms with Crippen LogP contribution in [-0.2, 0) is 4.74 Å². The van der Waals surface area contributed by atoms with E-state index in [4.69, 9.17) is 10.5 Å². The Morgan fingerprint density at radius 3 is 2.00 bits per heavy atom. The minimum absolute atomic E-state index is 0.234. The van der Waals surface area contributed by atoms with Crippen LogP contribution in [0.5, 0.6) is 0 Å². The quantitative estimate of drug-likeness (QED) is 0.662. The van der Waals surface area contributed by atoms with Crippen LogP contribution < -0.4 is 5.73 Å². The van der Waals surface area contributed by atoms with E-state index in [-0.39, 0.29) is 6.10 Å². The lowest BCUT2D eigenvalue weighted by molar-refractivity contribution is 0.0137. The lowest BCUT2D eigenvalue weighted by Crippen LogP contribution is -2.30. The van der Waals surface area contributed by atoms with Gasteiger partial charge in [-0.25, -0.2) is 0 Å². The van der Waals surface area contributed by atoms with Crippen molar-refractivity contribution in [2.24, 2.45) is 17.6 Å². The molecule has 0 aromatic carbocycles. The zero-order chi connectivity index (χ0) is 8.85. The summed E-state index contributed by atoms with van der Waals surface area (Å²) in [5.41, 5.74) is 5.53. The lowest BCUT2D eigenvalue weighted by Gasteiger charge is -2.20. The molecule has 0 aliphatic heterocycles. The molecule has 0 radical (unpaired) electrons. The first-order valence-corrected chi connectivity index (χ1v) is 4.39. The summed E-state index contributed by atoms with van der Waals surface area (Å²) in [5.74, 6) is 1.13. The molecular weight excluding hydrogens is 138 g/mol. The van der Waals surface area contributed by atoms with E-state index >= 15 is 0 Å². The average molecular weight is 159 g/mol. The van der Waals surface area contributed by atoms with E-state index in [1.807, 2.05) is 0 Å². The Hall–Kier alpha value is -0.0800. The monoisotopic (exact) mass is 159 g/mol. The van der Waals surface area contributed by atoms with E-state index < -0.39 is 0 Å². The van der Waals surface area contributed by atoms with Crippen LogP contribution in [0.2, 0.25) is 0 Å². The number of nitrogens with two attached hydrogens (primary N) is 1. The topological polar surface area (TPSA) is 35.2 Å². The Bertz CT molecular complexity index is 91.6. The van der Waals surface area contributed by atoms with Gasteiger partial charge in [0.2, 0.25) is 0 Å². The van der Waals surface area contributed by atoms with E-state index in [0.29, 0.717) is 18.4 Å². The van der Waals surface area contributed by atoms with E-state index in [9.17, 15) is 0 Å². The highest BCUT2D eigenvalue weighted by molar-refractivity contribution is 4.62. The number of hydrogen-bond donors (Lipinski definition) is 1. The van der Waals surface area contributed by atoms with Crippen molar-refractivity contribution in [2.45, 2.75) is 33.8 Å². The molecule has 0 spiro atoms. The second-order valence-corrected chi connectivity index (χ2v) is 3.75. The highest BCUT2D eigenvalue weighted by Crippen LogP contribution is 2.06. The van der Waals surface area contributed by atoms with Crippen LogP contribution in [0, 0.1) is 11.8 Å². The molecule has 0 bridgehead atoms. The molecule has 0 saturated carbocycles. The van der Waals surface area contributed by atoms with Crippen LogP contribution >= 0.6 is 0 Å². The molecule has 0 fully saturated rings. The molecule has 2 N–H and O–H groups in total. The molecule has 11 heavy (non-hydrogen) atoms. The molecule has 0 rings (SSSR count). The highest BCUT2D eigenvalue weighted by atomic mass is 16.5. The van der Waals surface area contributed by atoms with Crippen LogP contribution in [0.4, 0.5) is 0 Å². The predicted molar refractivity (Wildman–Crippen MR) is 48.5 cm³/mol. The van der Waals surface area contributed by atoms with Gasteiger partial charge in [-0.05, 0) is 11.8 Å². The third-order valence-corrected chi connectivity index (χ3v) is 1.62. The van der Waals surface area contributed by atoms with Gasteiger partial charge in [-0.15, -0.1) is 0 Å². The van der Waals surface area contributed by atoms with Crippen molar-refractivity contribution in [3.05, 3.63) is 0 Å². The normalized spacial score (nSPS) is 14.5. The molecule has 0 aromatic rings. The van der Waals surface area contributed by atoms with Crippen LogP contribution in [0.1, 0.15) is 27.7 Å². The van der Waals surface area contributed by atoms with Crippen LogP contribution in [0.3, 0.4) is 0 Å². The molecule has 68 valence electrons. The third-order valence-electron chi connectivity index (χ3n) is 1.62. The smallest absolute Gasteiger partial charge is 0.0720 e. The summed E-state index contributed by atoms with van der Waals surface area (Å²) < 4.78 is 5.59. The van der Waals surface area contributed by atoms with E-state index in [1.165, 1.54) is 0 Å². The molecule has 1 atom stereocenters. The van der Waals surface area contributed by atoms with E-state index in [0.717, 1.165) is 6.61 Å². The zero-order valence-corrected chi connectivity index (χ0v) is 8.13. The Morgan fingerprint density at radius 2 is 1.73 bits per heavy atom. The number of hydrogen-bond acceptors (Lipinski definition) is 2. The van der Waals surface area contributed by atoms with Gasteiger partial charge < -0.3 is 10.5 Å². The van der Waals surface area contributed by atoms with Crippen LogP contribution in [0.15, 0.2) is 0 Å². The van der Waals surface area contributed by atoms with Gasteiger partial charge in [0.1, 0.15) is 0 Å². The van der Waals surface area contributed by atoms with Crippen molar-refractivity contribution in [1.82, 2.24) is 0 Å². The maximum Gasteiger partial charge on any atom is 0.0720 e. The summed E-state index contributed by atoms with van der Waals surface area (Å²) in [4.78, 5) is 0. The molecular formula is C9H21NO. The van der Waals surface area contributed by atoms with Crippen molar-refractivity contribution < 1.29 is 4.74 Å². The molecule has 2 heteroatoms. The van der Waals surface area contributed by atoms with Crippen molar-refractivity contribution in [3.63, 3.8) is 0 Å². The molecule has 1 unspecified atom stereocenters. The fourth-order valence-electron chi connectivity index (χ4n) is 0.849. The summed E-state index contributed by atoms with van der Waals surface area (Å²) in [6.07, 6.45) is 0.234. The second-order valence-electron chi connectivity index (χ2n) is 3.75. The minimum atomic E-state index is 0.234. The van der Waals surface area contributed by atoms with Gasteiger partial charge >= 0.3 is 0 Å². The van der Waals surface area contributed by atoms with Gasteiger partial charge in [-0.3, -0.25) is 0 Å². The van der Waals surface area contributed by atoms with Crippen molar-refractivity contribution in [2.75, 3.05) is 13.2 Å². The van der Waals surface area contributed by atoms with E-state index in [2.05, 4.69) is 27.7 Å². The molecule has 0 amide bonds. The van der Waals surface area contributed by atoms with Crippen molar-refractivity contribution in [3.8, 4) is 0 Å². The average Bonchev–Trinajstić information content (AvgIpc) is 1.87. The van der Waals surface area contributed by atoms with Gasteiger partial charge in [0.15, 0.2) is 0 Å². The van der Waals surface area contributed by atoms with Crippen LogP contribution in [0.25, 0.3) is 0 Å². The fraction of sp³-hybridized carbons (Fsp3) is 1.00. The Labute approximate surface area is 70.1 Å². The molecule has 0 heterocycles. The van der Waals surface area contributed by atoms with Crippen LogP contribution in [-0.4, -0.2) is 19.3 Å². The summed E-state index contributed by atoms with van der Waals surface area (Å²) in [5, 5.41) is 0. The minimum Gasteiger partial charge on any atom is -0.376 e. The highest BCUT2D eigenvalue weighted by Gasteiger charge is 2.11. The summed E-state index contributed by atoms with van der Waals surface area (Å²) in [6.45, 7) is 10.0. The van der Waals surface area contributed by atoms with Gasteiger partial charge in [-0.2, -0.15) is 0 Å². The maximum atomic E-state index is 5.59. The summed E-state index contributed by atoms with van der Waals surface area (Å²) >= 11 is 0. The lowest BCUT2D eigenvalue weighted by atomic mass is 10.1. The standard InChI is InChI=1S/C9H21NO/c1-7(2)6-11-9(5-10)8(3)4/h7-9H,5-6,10H2,1-4H3. The second kappa shape index (κ2) is 5.56.